The minimum absolute atomic E-state index is 0.557. The van der Waals surface area contributed by atoms with E-state index < -0.39 is 12.0 Å². The van der Waals surface area contributed by atoms with E-state index in [1.807, 2.05) is 18.2 Å². The number of carboxylic acids is 1. The summed E-state index contributed by atoms with van der Waals surface area (Å²) < 4.78 is 5.79. The molecule has 0 amide bonds. The minimum atomic E-state index is -0.909. The molecule has 1 atom stereocenters. The summed E-state index contributed by atoms with van der Waals surface area (Å²) in [4.78, 5) is 10.6. The van der Waals surface area contributed by atoms with Crippen LogP contribution in [0.25, 0.3) is 0 Å². The van der Waals surface area contributed by atoms with Crippen molar-refractivity contribution in [2.45, 2.75) is 51.0 Å². The molecule has 0 fully saturated rings. The second-order valence-corrected chi connectivity index (χ2v) is 6.66. The Labute approximate surface area is 156 Å². The van der Waals surface area contributed by atoms with E-state index >= 15 is 0 Å². The third-order valence-electron chi connectivity index (χ3n) is 4.42. The average molecular weight is 355 g/mol. The van der Waals surface area contributed by atoms with Gasteiger partial charge in [-0.15, -0.1) is 0 Å². The van der Waals surface area contributed by atoms with Crippen molar-refractivity contribution in [1.82, 2.24) is 0 Å². The highest BCUT2D eigenvalue weighted by atomic mass is 16.5. The van der Waals surface area contributed by atoms with E-state index in [0.29, 0.717) is 13.0 Å². The number of rotatable bonds is 12. The maximum atomic E-state index is 10.6. The van der Waals surface area contributed by atoms with Gasteiger partial charge < -0.3 is 15.6 Å². The lowest BCUT2D eigenvalue weighted by Gasteiger charge is -2.08. The van der Waals surface area contributed by atoms with Gasteiger partial charge in [0, 0.05) is 0 Å². The molecule has 0 saturated carbocycles. The number of benzene rings is 2. The van der Waals surface area contributed by atoms with Crippen molar-refractivity contribution >= 4 is 5.97 Å². The van der Waals surface area contributed by atoms with Crippen LogP contribution >= 0.6 is 0 Å². The van der Waals surface area contributed by atoms with Gasteiger partial charge in [-0.3, -0.25) is 4.79 Å². The molecule has 2 aromatic carbocycles. The number of carboxylic acid groups (broad SMARTS) is 1. The molecule has 0 spiro atoms. The second kappa shape index (κ2) is 11.3. The molecule has 0 aliphatic carbocycles. The molecule has 0 aromatic heterocycles. The van der Waals surface area contributed by atoms with Crippen LogP contribution in [0.3, 0.4) is 0 Å². The van der Waals surface area contributed by atoms with Crippen molar-refractivity contribution in [3.05, 3.63) is 65.7 Å². The molecule has 0 heterocycles. The van der Waals surface area contributed by atoms with Gasteiger partial charge in [-0.25, -0.2) is 0 Å². The standard InChI is InChI=1S/C22H29NO3/c23-21(22(24)25)11-7-2-1-3-8-16-26-20-14-12-19(13-15-20)17-18-9-5-4-6-10-18/h4-6,9-10,12-15,21H,1-3,7-8,11,16-17,23H2,(H,24,25). The Morgan fingerprint density at radius 3 is 2.19 bits per heavy atom. The van der Waals surface area contributed by atoms with Crippen molar-refractivity contribution in [2.24, 2.45) is 5.73 Å². The fourth-order valence-electron chi connectivity index (χ4n) is 2.85. The van der Waals surface area contributed by atoms with E-state index in [2.05, 4.69) is 36.4 Å². The van der Waals surface area contributed by atoms with E-state index in [9.17, 15) is 4.79 Å². The topological polar surface area (TPSA) is 72.5 Å². The van der Waals surface area contributed by atoms with Gasteiger partial charge in [0.1, 0.15) is 11.8 Å². The average Bonchev–Trinajstić information content (AvgIpc) is 2.65. The minimum Gasteiger partial charge on any atom is -0.494 e. The fraction of sp³-hybridized carbons (Fsp3) is 0.409. The summed E-state index contributed by atoms with van der Waals surface area (Å²) in [5, 5.41) is 8.71. The Hall–Kier alpha value is -2.33. The number of nitrogens with two attached hydrogens (primary N) is 1. The number of hydrogen-bond acceptors (Lipinski definition) is 3. The van der Waals surface area contributed by atoms with Gasteiger partial charge in [-0.2, -0.15) is 0 Å². The summed E-state index contributed by atoms with van der Waals surface area (Å²) in [5.74, 6) is 0.00225. The van der Waals surface area contributed by atoms with Crippen LogP contribution in [0, 0.1) is 0 Å². The van der Waals surface area contributed by atoms with Crippen molar-refractivity contribution in [3.8, 4) is 5.75 Å². The van der Waals surface area contributed by atoms with E-state index in [1.165, 1.54) is 11.1 Å². The summed E-state index contributed by atoms with van der Waals surface area (Å²) in [6.07, 6.45) is 6.58. The Kier molecular flexibility index (Phi) is 8.70. The van der Waals surface area contributed by atoms with Gasteiger partial charge in [0.2, 0.25) is 0 Å². The maximum Gasteiger partial charge on any atom is 0.320 e. The molecule has 0 aliphatic heterocycles. The number of carbonyl (C=O) groups is 1. The lowest BCUT2D eigenvalue weighted by atomic mass is 10.1. The summed E-state index contributed by atoms with van der Waals surface area (Å²) in [6, 6.07) is 18.0. The Morgan fingerprint density at radius 1 is 0.885 bits per heavy atom. The highest BCUT2D eigenvalue weighted by Gasteiger charge is 2.09. The number of aliphatic carboxylic acids is 1. The monoisotopic (exact) mass is 355 g/mol. The molecule has 1 unspecified atom stereocenters. The molecule has 0 saturated heterocycles. The predicted octanol–water partition coefficient (Wildman–Crippen LogP) is 4.41. The van der Waals surface area contributed by atoms with E-state index in [0.717, 1.165) is 44.3 Å². The van der Waals surface area contributed by atoms with Crippen LogP contribution in [0.4, 0.5) is 0 Å². The lowest BCUT2D eigenvalue weighted by Crippen LogP contribution is -2.29. The first-order chi connectivity index (χ1) is 12.6. The third kappa shape index (κ3) is 7.70. The Morgan fingerprint density at radius 2 is 1.50 bits per heavy atom. The molecule has 26 heavy (non-hydrogen) atoms. The van der Waals surface area contributed by atoms with Crippen molar-refractivity contribution in [2.75, 3.05) is 6.61 Å². The predicted molar refractivity (Wildman–Crippen MR) is 104 cm³/mol. The van der Waals surface area contributed by atoms with Gasteiger partial charge in [0.15, 0.2) is 0 Å². The fourth-order valence-corrected chi connectivity index (χ4v) is 2.85. The van der Waals surface area contributed by atoms with E-state index in [-0.39, 0.29) is 0 Å². The van der Waals surface area contributed by atoms with Crippen LogP contribution < -0.4 is 10.5 Å². The summed E-state index contributed by atoms with van der Waals surface area (Å²) >= 11 is 0. The largest absolute Gasteiger partial charge is 0.494 e. The van der Waals surface area contributed by atoms with Crippen LogP contribution in [0.5, 0.6) is 5.75 Å². The molecule has 3 N–H and O–H groups in total. The molecule has 140 valence electrons. The van der Waals surface area contributed by atoms with Crippen molar-refractivity contribution in [1.29, 1.82) is 0 Å². The van der Waals surface area contributed by atoms with Gasteiger partial charge in [0.05, 0.1) is 6.61 Å². The van der Waals surface area contributed by atoms with E-state index in [1.54, 1.807) is 0 Å². The van der Waals surface area contributed by atoms with Gasteiger partial charge >= 0.3 is 5.97 Å². The number of hydrogen-bond donors (Lipinski definition) is 2. The summed E-state index contributed by atoms with van der Waals surface area (Å²) in [7, 11) is 0. The molecule has 0 aliphatic rings. The second-order valence-electron chi connectivity index (χ2n) is 6.66. The Bertz CT molecular complexity index is 640. The maximum absolute atomic E-state index is 10.6. The van der Waals surface area contributed by atoms with Gasteiger partial charge in [-0.05, 0) is 42.5 Å². The summed E-state index contributed by atoms with van der Waals surface area (Å²) in [6.45, 7) is 0.715. The smallest absolute Gasteiger partial charge is 0.320 e. The summed E-state index contributed by atoms with van der Waals surface area (Å²) in [5.41, 5.74) is 8.07. The molecule has 4 nitrogen and oxygen atoms in total. The first-order valence-electron chi connectivity index (χ1n) is 9.39. The van der Waals surface area contributed by atoms with Crippen LogP contribution in [0.2, 0.25) is 0 Å². The molecule has 2 aromatic rings. The van der Waals surface area contributed by atoms with Gasteiger partial charge in [-0.1, -0.05) is 68.1 Å². The first kappa shape index (κ1) is 20.0. The molecule has 0 radical (unpaired) electrons. The zero-order valence-corrected chi connectivity index (χ0v) is 15.3. The zero-order valence-electron chi connectivity index (χ0n) is 15.3. The molecule has 0 bridgehead atoms. The Balaban J connectivity index is 1.55. The van der Waals surface area contributed by atoms with E-state index in [4.69, 9.17) is 15.6 Å². The molecule has 4 heteroatoms. The first-order valence-corrected chi connectivity index (χ1v) is 9.39. The number of unbranched alkanes of at least 4 members (excludes halogenated alkanes) is 4. The molecule has 2 rings (SSSR count). The highest BCUT2D eigenvalue weighted by molar-refractivity contribution is 5.72. The normalized spacial score (nSPS) is 11.9. The molecular formula is C22H29NO3. The quantitative estimate of drug-likeness (QED) is 0.553. The van der Waals surface area contributed by atoms with Gasteiger partial charge in [0.25, 0.3) is 0 Å². The van der Waals surface area contributed by atoms with Crippen LogP contribution in [0.1, 0.15) is 49.7 Å². The van der Waals surface area contributed by atoms with Crippen LogP contribution in [-0.2, 0) is 11.2 Å². The third-order valence-corrected chi connectivity index (χ3v) is 4.42. The van der Waals surface area contributed by atoms with Crippen LogP contribution in [0.15, 0.2) is 54.6 Å². The van der Waals surface area contributed by atoms with Crippen LogP contribution in [-0.4, -0.2) is 23.7 Å². The van der Waals surface area contributed by atoms with Crippen molar-refractivity contribution in [3.63, 3.8) is 0 Å². The highest BCUT2D eigenvalue weighted by Crippen LogP contribution is 2.16. The number of ether oxygens (including phenoxy) is 1. The SMILES string of the molecule is NC(CCCCCCCOc1ccc(Cc2ccccc2)cc1)C(=O)O. The lowest BCUT2D eigenvalue weighted by molar-refractivity contribution is -0.138. The van der Waals surface area contributed by atoms with Crippen molar-refractivity contribution < 1.29 is 14.6 Å². The molecular weight excluding hydrogens is 326 g/mol. The zero-order chi connectivity index (χ0) is 18.6.